The Morgan fingerprint density at radius 3 is 2.78 bits per heavy atom. The van der Waals surface area contributed by atoms with Crippen LogP contribution in [0.1, 0.15) is 48.2 Å². The summed E-state index contributed by atoms with van der Waals surface area (Å²) in [6.45, 7) is 5.50. The molecule has 188 valence electrons. The van der Waals surface area contributed by atoms with Crippen LogP contribution in [0.4, 0.5) is 4.39 Å². The van der Waals surface area contributed by atoms with Crippen LogP contribution in [-0.4, -0.2) is 46.1 Å². The molecular formula is C27H30FN5O3. The van der Waals surface area contributed by atoms with E-state index in [1.165, 1.54) is 12.1 Å². The van der Waals surface area contributed by atoms with Crippen molar-refractivity contribution in [1.29, 1.82) is 0 Å². The van der Waals surface area contributed by atoms with Gasteiger partial charge >= 0.3 is 0 Å². The highest BCUT2D eigenvalue weighted by atomic mass is 19.1. The zero-order chi connectivity index (χ0) is 25.4. The first kappa shape index (κ1) is 23.9. The molecule has 2 heterocycles. The molecule has 0 aromatic heterocycles. The lowest BCUT2D eigenvalue weighted by atomic mass is 10.0. The third-order valence-corrected chi connectivity index (χ3v) is 6.04. The van der Waals surface area contributed by atoms with Gasteiger partial charge in [-0.2, -0.15) is 0 Å². The molecule has 9 heteroatoms. The second kappa shape index (κ2) is 9.31. The number of rotatable bonds is 7. The maximum atomic E-state index is 13.7. The van der Waals surface area contributed by atoms with Crippen LogP contribution >= 0.6 is 0 Å². The van der Waals surface area contributed by atoms with Gasteiger partial charge in [0.05, 0.1) is 23.6 Å². The molecule has 0 spiro atoms. The van der Waals surface area contributed by atoms with Crippen molar-refractivity contribution in [3.63, 3.8) is 0 Å². The third kappa shape index (κ3) is 5.36. The number of carbonyl (C=O) groups is 1. The number of aryl methyl sites for hydroxylation is 1. The normalized spacial score (nSPS) is 20.2. The van der Waals surface area contributed by atoms with Gasteiger partial charge < -0.3 is 20.5 Å². The predicted octanol–water partition coefficient (Wildman–Crippen LogP) is 3.21. The van der Waals surface area contributed by atoms with Crippen molar-refractivity contribution >= 4 is 17.3 Å². The van der Waals surface area contributed by atoms with Gasteiger partial charge in [0.15, 0.2) is 6.17 Å². The minimum absolute atomic E-state index is 0.0520. The molecule has 36 heavy (non-hydrogen) atoms. The molecule has 2 aromatic rings. The minimum atomic E-state index is -0.983. The first-order chi connectivity index (χ1) is 17.2. The number of halogens is 1. The topological polar surface area (TPSA) is 98.2 Å². The van der Waals surface area contributed by atoms with Crippen molar-refractivity contribution in [2.45, 2.75) is 51.4 Å². The first-order valence-electron chi connectivity index (χ1n) is 12.0. The summed E-state index contributed by atoms with van der Waals surface area (Å²) in [5.74, 6) is 0.248. The van der Waals surface area contributed by atoms with Gasteiger partial charge in [0.2, 0.25) is 5.88 Å². The second-order valence-corrected chi connectivity index (χ2v) is 9.98. The predicted molar refractivity (Wildman–Crippen MR) is 135 cm³/mol. The number of fused-ring (bicyclic) bond motifs is 1. The van der Waals surface area contributed by atoms with Gasteiger partial charge in [0.1, 0.15) is 11.6 Å². The number of hydrogen-bond donors (Lipinski definition) is 4. The van der Waals surface area contributed by atoms with Crippen molar-refractivity contribution in [2.75, 3.05) is 6.54 Å². The van der Waals surface area contributed by atoms with E-state index in [1.807, 2.05) is 36.3 Å². The molecule has 1 saturated carbocycles. The highest BCUT2D eigenvalue weighted by Gasteiger charge is 2.35. The summed E-state index contributed by atoms with van der Waals surface area (Å²) in [6, 6.07) is 11.9. The average Bonchev–Trinajstić information content (AvgIpc) is 3.52. The monoisotopic (exact) mass is 491 g/mol. The van der Waals surface area contributed by atoms with E-state index < -0.39 is 11.4 Å². The molecule has 5 rings (SSSR count). The van der Waals surface area contributed by atoms with Crippen molar-refractivity contribution in [3.05, 3.63) is 83.1 Å². The van der Waals surface area contributed by atoms with E-state index in [2.05, 4.69) is 21.1 Å². The number of nitrogens with one attached hydrogen (secondary N) is 3. The highest BCUT2D eigenvalue weighted by Crippen LogP contribution is 2.30. The molecule has 4 N–H and O–H groups in total. The fourth-order valence-corrected chi connectivity index (χ4v) is 4.07. The van der Waals surface area contributed by atoms with E-state index in [0.717, 1.165) is 29.7 Å². The Hall–Kier alpha value is -3.85. The lowest BCUT2D eigenvalue weighted by Crippen LogP contribution is -2.53. The molecule has 8 nitrogen and oxygen atoms in total. The quantitative estimate of drug-likeness (QED) is 0.475. The number of benzene rings is 2. The summed E-state index contributed by atoms with van der Waals surface area (Å²) in [5.41, 5.74) is 6.15. The van der Waals surface area contributed by atoms with Gasteiger partial charge in [0, 0.05) is 35.5 Å². The molecule has 1 unspecified atom stereocenters. The third-order valence-electron chi connectivity index (χ3n) is 6.04. The molecule has 2 aromatic carbocycles. The van der Waals surface area contributed by atoms with Crippen LogP contribution < -0.4 is 20.8 Å². The SMILES string of the molecule is Cc1cc(C2=CNC3C(=NCC(C)(C)O)C=C(Oc4cccc(F)c4)NN23)ccc1C(=O)NC1CC1. The largest absolute Gasteiger partial charge is 0.439 e. The summed E-state index contributed by atoms with van der Waals surface area (Å²) in [7, 11) is 0. The Morgan fingerprint density at radius 2 is 2.08 bits per heavy atom. The van der Waals surface area contributed by atoms with Crippen molar-refractivity contribution in [3.8, 4) is 5.75 Å². The second-order valence-electron chi connectivity index (χ2n) is 9.98. The van der Waals surface area contributed by atoms with Gasteiger partial charge in [-0.3, -0.25) is 20.2 Å². The lowest BCUT2D eigenvalue weighted by molar-refractivity contribution is 0.0900. The van der Waals surface area contributed by atoms with Crippen LogP contribution in [0.25, 0.3) is 5.70 Å². The summed E-state index contributed by atoms with van der Waals surface area (Å²) >= 11 is 0. The van der Waals surface area contributed by atoms with E-state index >= 15 is 0 Å². The molecule has 1 fully saturated rings. The van der Waals surface area contributed by atoms with E-state index in [0.29, 0.717) is 28.9 Å². The van der Waals surface area contributed by atoms with E-state index in [1.54, 1.807) is 32.1 Å². The van der Waals surface area contributed by atoms with Crippen LogP contribution in [0.15, 0.2) is 65.6 Å². The average molecular weight is 492 g/mol. The Labute approximate surface area is 209 Å². The van der Waals surface area contributed by atoms with Crippen LogP contribution in [0.2, 0.25) is 0 Å². The number of nitrogens with zero attached hydrogens (tertiary/aromatic N) is 2. The number of hydrazine groups is 1. The molecular weight excluding hydrogens is 461 g/mol. The number of hydrogen-bond acceptors (Lipinski definition) is 7. The standard InChI is InChI=1S/C27H30FN5O3/c1-16-11-17(7-10-21(16)26(34)31-19-8-9-19)23-14-29-25-22(30-15-27(2,3)35)13-24(32-33(23)25)36-20-6-4-5-18(28)12-20/h4-7,10-14,19,25,29,32,35H,8-9,15H2,1-3H3,(H,31,34). The van der Waals surface area contributed by atoms with Crippen LogP contribution in [0, 0.1) is 12.7 Å². The first-order valence-corrected chi connectivity index (χ1v) is 12.0. The van der Waals surface area contributed by atoms with Gasteiger partial charge in [-0.1, -0.05) is 12.1 Å². The molecule has 2 aliphatic heterocycles. The zero-order valence-electron chi connectivity index (χ0n) is 20.5. The van der Waals surface area contributed by atoms with Crippen molar-refractivity contribution < 1.29 is 19.0 Å². The number of ether oxygens (including phenoxy) is 1. The molecule has 1 aliphatic carbocycles. The summed E-state index contributed by atoms with van der Waals surface area (Å²) in [5, 5.41) is 18.4. The Balaban J connectivity index is 1.42. The maximum Gasteiger partial charge on any atom is 0.251 e. The van der Waals surface area contributed by atoms with Crippen LogP contribution in [0.3, 0.4) is 0 Å². The van der Waals surface area contributed by atoms with E-state index in [9.17, 15) is 14.3 Å². The van der Waals surface area contributed by atoms with Crippen LogP contribution in [0.5, 0.6) is 5.75 Å². The molecule has 3 aliphatic rings. The van der Waals surface area contributed by atoms with Gasteiger partial charge in [-0.25, -0.2) is 4.39 Å². The maximum absolute atomic E-state index is 13.7. The van der Waals surface area contributed by atoms with Crippen molar-refractivity contribution in [1.82, 2.24) is 21.1 Å². The van der Waals surface area contributed by atoms with Crippen LogP contribution in [-0.2, 0) is 0 Å². The minimum Gasteiger partial charge on any atom is -0.439 e. The molecule has 0 radical (unpaired) electrons. The fourth-order valence-electron chi connectivity index (χ4n) is 4.07. The number of carbonyl (C=O) groups excluding carboxylic acids is 1. The molecule has 1 atom stereocenters. The van der Waals surface area contributed by atoms with E-state index in [-0.39, 0.29) is 18.6 Å². The fraction of sp³-hybridized carbons (Fsp3) is 0.333. The number of aliphatic hydroxyl groups is 1. The smallest absolute Gasteiger partial charge is 0.251 e. The highest BCUT2D eigenvalue weighted by molar-refractivity contribution is 6.02. The number of amides is 1. The lowest BCUT2D eigenvalue weighted by Gasteiger charge is -2.35. The summed E-state index contributed by atoms with van der Waals surface area (Å²) < 4.78 is 19.6. The van der Waals surface area contributed by atoms with Gasteiger partial charge in [-0.15, -0.1) is 0 Å². The van der Waals surface area contributed by atoms with Crippen molar-refractivity contribution in [2.24, 2.45) is 4.99 Å². The molecule has 0 bridgehead atoms. The Bertz CT molecular complexity index is 1280. The Kier molecular flexibility index (Phi) is 6.17. The Morgan fingerprint density at radius 1 is 1.28 bits per heavy atom. The van der Waals surface area contributed by atoms with E-state index in [4.69, 9.17) is 4.74 Å². The van der Waals surface area contributed by atoms with Gasteiger partial charge in [-0.05, 0) is 63.4 Å². The summed E-state index contributed by atoms with van der Waals surface area (Å²) in [4.78, 5) is 17.2. The summed E-state index contributed by atoms with van der Waals surface area (Å²) in [6.07, 6.45) is 5.33. The number of aliphatic imine (C=N–C) groups is 1. The zero-order valence-corrected chi connectivity index (χ0v) is 20.5. The molecule has 1 amide bonds. The van der Waals surface area contributed by atoms with Gasteiger partial charge in [0.25, 0.3) is 5.91 Å². The molecule has 0 saturated heterocycles.